The van der Waals surface area contributed by atoms with Gasteiger partial charge in [0.15, 0.2) is 0 Å². The molecule has 2 aliphatic heterocycles. The number of likely N-dealkylation sites (N-methyl/N-ethyl adjacent to an activating group) is 1. The number of piperazine rings is 1. The molecule has 3 aromatic carbocycles. The van der Waals surface area contributed by atoms with E-state index in [9.17, 15) is 22.8 Å². The summed E-state index contributed by atoms with van der Waals surface area (Å²) in [7, 11) is 1.64. The molecular formula is C30H28F3N3O2S. The minimum absolute atomic E-state index is 0.0783. The smallest absolute Gasteiger partial charge is 0.365 e. The molecule has 9 heteroatoms. The zero-order valence-electron chi connectivity index (χ0n) is 21.8. The van der Waals surface area contributed by atoms with Gasteiger partial charge in [-0.25, -0.2) is 0 Å². The number of carbonyl (C=O) groups excluding carboxylic acids is 2. The van der Waals surface area contributed by atoms with Gasteiger partial charge in [-0.05, 0) is 73.5 Å². The second kappa shape index (κ2) is 10.4. The number of amides is 2. The molecule has 202 valence electrons. The second-order valence-corrected chi connectivity index (χ2v) is 11.0. The van der Waals surface area contributed by atoms with Gasteiger partial charge in [-0.2, -0.15) is 13.2 Å². The van der Waals surface area contributed by atoms with Crippen LogP contribution in [0.15, 0.2) is 76.5 Å². The van der Waals surface area contributed by atoms with Crippen LogP contribution in [0.2, 0.25) is 0 Å². The molecule has 5 nitrogen and oxygen atoms in total. The van der Waals surface area contributed by atoms with E-state index >= 15 is 0 Å². The van der Waals surface area contributed by atoms with E-state index in [1.165, 1.54) is 34.4 Å². The average Bonchev–Trinajstić information content (AvgIpc) is 2.91. The van der Waals surface area contributed by atoms with Crippen molar-refractivity contribution >= 4 is 41.0 Å². The molecule has 0 N–H and O–H groups in total. The molecule has 0 aromatic heterocycles. The van der Waals surface area contributed by atoms with Crippen molar-refractivity contribution in [1.82, 2.24) is 4.90 Å². The Morgan fingerprint density at radius 3 is 2.44 bits per heavy atom. The number of hydrogen-bond donors (Lipinski definition) is 0. The zero-order valence-corrected chi connectivity index (χ0v) is 22.6. The molecule has 3 aromatic rings. The predicted octanol–water partition coefficient (Wildman–Crippen LogP) is 6.47. The van der Waals surface area contributed by atoms with Gasteiger partial charge in [-0.15, -0.1) is 0 Å². The summed E-state index contributed by atoms with van der Waals surface area (Å²) in [5.41, 5.74) is 3.26. The van der Waals surface area contributed by atoms with Crippen molar-refractivity contribution in [2.24, 2.45) is 0 Å². The lowest BCUT2D eigenvalue weighted by atomic mass is 10.1. The molecule has 0 spiro atoms. The maximum absolute atomic E-state index is 13.4. The first-order valence-electron chi connectivity index (χ1n) is 12.6. The van der Waals surface area contributed by atoms with Gasteiger partial charge in [0.05, 0.1) is 16.2 Å². The van der Waals surface area contributed by atoms with Crippen LogP contribution in [0.3, 0.4) is 0 Å². The lowest BCUT2D eigenvalue weighted by Crippen LogP contribution is -2.53. The number of benzene rings is 3. The Kier molecular flexibility index (Phi) is 7.20. The van der Waals surface area contributed by atoms with Gasteiger partial charge in [0.25, 0.3) is 11.8 Å². The fraction of sp³-hybridized carbons (Fsp3) is 0.267. The number of fused-ring (bicyclic) bond motifs is 1. The van der Waals surface area contributed by atoms with Crippen LogP contribution < -0.4 is 9.80 Å². The first kappa shape index (κ1) is 26.9. The summed E-state index contributed by atoms with van der Waals surface area (Å²) in [5.74, 6) is -0.358. The SMILES string of the molecule is Cc1cccc(N2CCN(C(=O)c3ccc4c(c3)N(C)C(=O)/C(=C/c3ccc(C(F)(F)F)cc3)S4)C[C@@H]2C)c1. The van der Waals surface area contributed by atoms with Crippen LogP contribution in [0, 0.1) is 6.92 Å². The molecule has 0 bridgehead atoms. The third-order valence-corrected chi connectivity index (χ3v) is 8.16. The quantitative estimate of drug-likeness (QED) is 0.350. The van der Waals surface area contributed by atoms with Gasteiger partial charge < -0.3 is 14.7 Å². The van der Waals surface area contributed by atoms with Crippen molar-refractivity contribution in [2.45, 2.75) is 31.0 Å². The lowest BCUT2D eigenvalue weighted by Gasteiger charge is -2.41. The van der Waals surface area contributed by atoms with Gasteiger partial charge in [-0.1, -0.05) is 36.0 Å². The van der Waals surface area contributed by atoms with Crippen LogP contribution in [0.5, 0.6) is 0 Å². The summed E-state index contributed by atoms with van der Waals surface area (Å²) < 4.78 is 38.6. The van der Waals surface area contributed by atoms with Gasteiger partial charge in [-0.3, -0.25) is 9.59 Å². The Morgan fingerprint density at radius 1 is 1.03 bits per heavy atom. The van der Waals surface area contributed by atoms with Crippen LogP contribution in [0.4, 0.5) is 24.5 Å². The van der Waals surface area contributed by atoms with Gasteiger partial charge >= 0.3 is 6.18 Å². The Morgan fingerprint density at radius 2 is 1.77 bits per heavy atom. The van der Waals surface area contributed by atoms with Crippen molar-refractivity contribution in [3.8, 4) is 0 Å². The summed E-state index contributed by atoms with van der Waals surface area (Å²) in [6.45, 7) is 6.10. The van der Waals surface area contributed by atoms with Gasteiger partial charge in [0.2, 0.25) is 0 Å². The molecule has 0 saturated carbocycles. The number of alkyl halides is 3. The highest BCUT2D eigenvalue weighted by Gasteiger charge is 2.32. The van der Waals surface area contributed by atoms with E-state index in [0.717, 1.165) is 29.3 Å². The van der Waals surface area contributed by atoms with Crippen molar-refractivity contribution in [2.75, 3.05) is 36.5 Å². The van der Waals surface area contributed by atoms with Crippen LogP contribution in [-0.4, -0.2) is 49.4 Å². The van der Waals surface area contributed by atoms with Crippen molar-refractivity contribution < 1.29 is 22.8 Å². The topological polar surface area (TPSA) is 43.9 Å². The predicted molar refractivity (Wildman–Crippen MR) is 149 cm³/mol. The van der Waals surface area contributed by atoms with Crippen molar-refractivity contribution in [3.63, 3.8) is 0 Å². The summed E-state index contributed by atoms with van der Waals surface area (Å²) in [5, 5.41) is 0. The third kappa shape index (κ3) is 5.54. The molecule has 2 heterocycles. The first-order valence-corrected chi connectivity index (χ1v) is 13.4. The number of hydrogen-bond acceptors (Lipinski definition) is 4. The largest absolute Gasteiger partial charge is 0.416 e. The van der Waals surface area contributed by atoms with Crippen LogP contribution in [0.25, 0.3) is 6.08 Å². The number of nitrogens with zero attached hydrogens (tertiary/aromatic N) is 3. The van der Waals surface area contributed by atoms with E-state index in [-0.39, 0.29) is 17.9 Å². The van der Waals surface area contributed by atoms with E-state index in [1.807, 2.05) is 17.0 Å². The van der Waals surface area contributed by atoms with Crippen LogP contribution in [-0.2, 0) is 11.0 Å². The summed E-state index contributed by atoms with van der Waals surface area (Å²) in [4.78, 5) is 33.4. The number of aryl methyl sites for hydroxylation is 1. The maximum Gasteiger partial charge on any atom is 0.416 e. The molecule has 1 atom stereocenters. The molecule has 39 heavy (non-hydrogen) atoms. The van der Waals surface area contributed by atoms with Crippen LogP contribution >= 0.6 is 11.8 Å². The minimum atomic E-state index is -4.41. The lowest BCUT2D eigenvalue weighted by molar-refractivity contribution is -0.137. The van der Waals surface area contributed by atoms with Gasteiger partial charge in [0, 0.05) is 48.9 Å². The Hall–Kier alpha value is -3.72. The molecule has 0 aliphatic carbocycles. The fourth-order valence-corrected chi connectivity index (χ4v) is 6.05. The Bertz CT molecular complexity index is 1450. The number of carbonyl (C=O) groups is 2. The number of anilines is 2. The van der Waals surface area contributed by atoms with Gasteiger partial charge in [0.1, 0.15) is 0 Å². The van der Waals surface area contributed by atoms with E-state index in [0.29, 0.717) is 34.8 Å². The van der Waals surface area contributed by atoms with Crippen LogP contribution in [0.1, 0.15) is 34.0 Å². The number of rotatable bonds is 3. The molecule has 5 rings (SSSR count). The Balaban J connectivity index is 1.31. The highest BCUT2D eigenvalue weighted by Crippen LogP contribution is 2.42. The highest BCUT2D eigenvalue weighted by molar-refractivity contribution is 8.04. The molecule has 2 amide bonds. The number of halogens is 3. The summed E-state index contributed by atoms with van der Waals surface area (Å²) >= 11 is 1.24. The molecule has 2 aliphatic rings. The molecule has 1 fully saturated rings. The second-order valence-electron chi connectivity index (χ2n) is 9.91. The minimum Gasteiger partial charge on any atom is -0.365 e. The normalized spacial score (nSPS) is 18.9. The molecule has 1 saturated heterocycles. The first-order chi connectivity index (χ1) is 18.5. The number of thioether (sulfide) groups is 1. The van der Waals surface area contributed by atoms with E-state index in [2.05, 4.69) is 36.9 Å². The van der Waals surface area contributed by atoms with E-state index < -0.39 is 11.7 Å². The highest BCUT2D eigenvalue weighted by atomic mass is 32.2. The Labute approximate surface area is 229 Å². The summed E-state index contributed by atoms with van der Waals surface area (Å²) in [6, 6.07) is 18.5. The molecular weight excluding hydrogens is 523 g/mol. The molecule has 0 radical (unpaired) electrons. The fourth-order valence-electron chi connectivity index (χ4n) is 4.96. The van der Waals surface area contributed by atoms with E-state index in [1.54, 1.807) is 25.3 Å². The monoisotopic (exact) mass is 551 g/mol. The van der Waals surface area contributed by atoms with Crippen molar-refractivity contribution in [3.05, 3.63) is 93.9 Å². The van der Waals surface area contributed by atoms with Crippen molar-refractivity contribution in [1.29, 1.82) is 0 Å². The summed E-state index contributed by atoms with van der Waals surface area (Å²) in [6.07, 6.45) is -2.83. The standard InChI is InChI=1S/C30H28F3N3O2S/c1-19-5-4-6-24(15-19)36-14-13-35(18-20(36)2)28(37)22-9-12-26-25(17-22)34(3)29(38)27(39-26)16-21-7-10-23(11-8-21)30(31,32)33/h4-12,15-17,20H,13-14,18H2,1-3H3/b27-16-/t20-/m0/s1. The zero-order chi connectivity index (χ0) is 27.9. The molecule has 0 unspecified atom stereocenters. The maximum atomic E-state index is 13.4. The average molecular weight is 552 g/mol. The van der Waals surface area contributed by atoms with E-state index in [4.69, 9.17) is 0 Å². The third-order valence-electron chi connectivity index (χ3n) is 7.09.